The third-order valence-corrected chi connectivity index (χ3v) is 11.4. The zero-order chi connectivity index (χ0) is 51.7. The first-order valence-electron chi connectivity index (χ1n) is 18.9. The minimum absolute atomic E-state index is 0.462. The van der Waals surface area contributed by atoms with E-state index in [1.807, 2.05) is 24.3 Å². The Hall–Kier alpha value is -7.18. The Labute approximate surface area is 382 Å². The zero-order valence-corrected chi connectivity index (χ0v) is 34.7. The molecule has 0 spiro atoms. The van der Waals surface area contributed by atoms with Gasteiger partial charge in [0.15, 0.2) is 69.8 Å². The molecule has 0 bridgehead atoms. The van der Waals surface area contributed by atoms with Crippen molar-refractivity contribution in [3.8, 4) is 11.5 Å². The first-order valence-corrected chi connectivity index (χ1v) is 20.2. The summed E-state index contributed by atoms with van der Waals surface area (Å²) in [5.74, 6) is -68.5. The summed E-state index contributed by atoms with van der Waals surface area (Å²) in [7, 11) is 0. The van der Waals surface area contributed by atoms with E-state index >= 15 is 35.1 Å². The van der Waals surface area contributed by atoms with Crippen LogP contribution < -0.4 is 31.3 Å². The molecule has 7 aromatic carbocycles. The molecule has 7 aromatic rings. The molecule has 366 valence electrons. The number of carbonyl (C=O) groups is 1. The second-order valence-electron chi connectivity index (χ2n) is 14.2. The molecule has 0 aliphatic carbocycles. The highest BCUT2D eigenvalue weighted by Crippen LogP contribution is 2.31. The van der Waals surface area contributed by atoms with Gasteiger partial charge in [-0.15, -0.1) is 21.9 Å². The Kier molecular flexibility index (Phi) is 15.5. The van der Waals surface area contributed by atoms with Crippen LogP contribution in [-0.4, -0.2) is 12.3 Å². The Bertz CT molecular complexity index is 2760. The summed E-state index contributed by atoms with van der Waals surface area (Å²) in [6.45, 7) is 0. The van der Waals surface area contributed by atoms with E-state index in [1.54, 1.807) is 36.4 Å². The van der Waals surface area contributed by atoms with Gasteiger partial charge in [0, 0.05) is 11.1 Å². The monoisotopic (exact) mass is 1030 g/mol. The topological polar surface area (TPSA) is 35.5 Å². The molecule has 25 heteroatoms. The van der Waals surface area contributed by atoms with Crippen LogP contribution in [0.4, 0.5) is 92.6 Å². The highest BCUT2D eigenvalue weighted by atomic mass is 32.2. The lowest BCUT2D eigenvalue weighted by atomic mass is 9.12. The molecule has 7 rings (SSSR count). The normalized spacial score (nSPS) is 11.4. The van der Waals surface area contributed by atoms with Crippen molar-refractivity contribution in [2.45, 2.75) is 11.5 Å². The number of ether oxygens (including phenoxy) is 2. The van der Waals surface area contributed by atoms with Crippen LogP contribution in [-0.2, 0) is 23.3 Å². The van der Waals surface area contributed by atoms with E-state index in [-0.39, 0.29) is 0 Å². The van der Waals surface area contributed by atoms with Gasteiger partial charge in [0.05, 0.1) is 0 Å². The van der Waals surface area contributed by atoms with Gasteiger partial charge in [-0.2, -0.15) is 0 Å². The maximum Gasteiger partial charge on any atom is 0.519 e. The smallest absolute Gasteiger partial charge is 0.395 e. The van der Waals surface area contributed by atoms with Gasteiger partial charge in [0.1, 0.15) is 75.7 Å². The molecule has 0 heterocycles. The fraction of sp³-hybridized carbons (Fsp3) is 0.0444. The third kappa shape index (κ3) is 9.32. The second-order valence-corrected chi connectivity index (χ2v) is 15.3. The van der Waals surface area contributed by atoms with E-state index in [2.05, 4.69) is 24.3 Å². The van der Waals surface area contributed by atoms with Crippen molar-refractivity contribution in [3.05, 3.63) is 212 Å². The maximum atomic E-state index is 15.4. The van der Waals surface area contributed by atoms with Crippen LogP contribution in [0.2, 0.25) is 0 Å². The lowest BCUT2D eigenvalue weighted by molar-refractivity contribution is 0.152. The molecular formula is C45H19BF20O3S. The van der Waals surface area contributed by atoms with Crippen LogP contribution in [0.1, 0.15) is 11.1 Å². The van der Waals surface area contributed by atoms with Crippen molar-refractivity contribution in [1.82, 2.24) is 0 Å². The fourth-order valence-corrected chi connectivity index (χ4v) is 8.19. The lowest BCUT2D eigenvalue weighted by Gasteiger charge is -2.44. The van der Waals surface area contributed by atoms with Crippen molar-refractivity contribution in [3.63, 3.8) is 0 Å². The van der Waals surface area contributed by atoms with E-state index in [1.165, 1.54) is 22.9 Å². The van der Waals surface area contributed by atoms with Crippen molar-refractivity contribution in [1.29, 1.82) is 0 Å². The molecular weight excluding hydrogens is 1010 g/mol. The van der Waals surface area contributed by atoms with Crippen LogP contribution in [0, 0.1) is 116 Å². The van der Waals surface area contributed by atoms with Gasteiger partial charge in [-0.1, -0.05) is 60.7 Å². The molecule has 0 N–H and O–H groups in total. The summed E-state index contributed by atoms with van der Waals surface area (Å²) in [6, 6.07) is 26.8. The van der Waals surface area contributed by atoms with Gasteiger partial charge in [-0.05, 0) is 36.0 Å². The van der Waals surface area contributed by atoms with Crippen LogP contribution in [0.25, 0.3) is 0 Å². The molecule has 3 nitrogen and oxygen atoms in total. The van der Waals surface area contributed by atoms with Gasteiger partial charge >= 0.3 is 6.16 Å². The molecule has 0 radical (unpaired) electrons. The second kappa shape index (κ2) is 20.8. The van der Waals surface area contributed by atoms with Gasteiger partial charge in [0.2, 0.25) is 0 Å². The van der Waals surface area contributed by atoms with Crippen LogP contribution in [0.15, 0.2) is 84.9 Å². The minimum atomic E-state index is -7.22. The first kappa shape index (κ1) is 52.2. The predicted octanol–water partition coefficient (Wildman–Crippen LogP) is 10.6. The third-order valence-electron chi connectivity index (χ3n) is 10.2. The highest BCUT2D eigenvalue weighted by Gasteiger charge is 2.52. The molecule has 0 aliphatic heterocycles. The van der Waals surface area contributed by atoms with Crippen molar-refractivity contribution < 1.29 is 102 Å². The Morgan fingerprint density at radius 3 is 0.829 bits per heavy atom. The molecule has 0 amide bonds. The first-order chi connectivity index (χ1) is 33.0. The van der Waals surface area contributed by atoms with Crippen molar-refractivity contribution in [2.24, 2.45) is 0 Å². The number of carbonyl (C=O) groups excluding carboxylic acids is 1. The fourth-order valence-electron chi connectivity index (χ4n) is 7.14. The van der Waals surface area contributed by atoms with E-state index in [0.717, 1.165) is 11.5 Å². The highest BCUT2D eigenvalue weighted by molar-refractivity contribution is 7.76. The zero-order valence-electron chi connectivity index (χ0n) is 33.8. The molecule has 0 fully saturated rings. The Morgan fingerprint density at radius 1 is 0.314 bits per heavy atom. The van der Waals surface area contributed by atoms with Crippen LogP contribution in [0.5, 0.6) is 11.5 Å². The molecule has 0 saturated carbocycles. The summed E-state index contributed by atoms with van der Waals surface area (Å²) in [5.41, 5.74) is -11.8. The van der Waals surface area contributed by atoms with Crippen molar-refractivity contribution >= 4 is 45.9 Å². The van der Waals surface area contributed by atoms with Crippen LogP contribution in [0.3, 0.4) is 0 Å². The van der Waals surface area contributed by atoms with E-state index < -0.39 is 150 Å². The number of hydrogen-bond donors (Lipinski definition) is 0. The molecule has 0 atom stereocenters. The number of hydrogen-bond acceptors (Lipinski definition) is 3. The van der Waals surface area contributed by atoms with Crippen LogP contribution >= 0.6 is 0 Å². The van der Waals surface area contributed by atoms with Gasteiger partial charge in [-0.25, -0.2) is 92.6 Å². The summed E-state index contributed by atoms with van der Waals surface area (Å²) >= 11 is 1.34. The Balaban J connectivity index is 0.000000270. The summed E-state index contributed by atoms with van der Waals surface area (Å²) in [6.07, 6.45) is -7.95. The number of para-hydroxylation sites is 1. The predicted molar refractivity (Wildman–Crippen MR) is 211 cm³/mol. The molecule has 0 aromatic heterocycles. The summed E-state index contributed by atoms with van der Waals surface area (Å²) in [5, 5.41) is 0. The van der Waals surface area contributed by atoms with Gasteiger partial charge in [0.25, 0.3) is 0 Å². The standard InChI is InChI=1S/C24BF20.C21H18O3S/c26-5-1(6(27)14(35)21(42)13(5)34)25(2-7(28)15(36)22(43)16(37)8(2)29,3-9(30)17(38)23(44)18(39)10(3)31)4-11(32)19(40)24(45)20(41)12(4)33;22-21(23-19-9-5-2-6-10-19)24-20-13-11-18(12-14-20)16-25-15-17-7-3-1-4-8-17/h;1-14H,15-16H2/q-1;/p+1. The molecule has 0 unspecified atom stereocenters. The number of benzene rings is 7. The van der Waals surface area contributed by atoms with E-state index in [9.17, 15) is 57.5 Å². The summed E-state index contributed by atoms with van der Waals surface area (Å²) < 4.78 is 304. The number of halogens is 20. The Morgan fingerprint density at radius 2 is 0.543 bits per heavy atom. The number of rotatable bonds is 10. The van der Waals surface area contributed by atoms with E-state index in [4.69, 9.17) is 9.47 Å². The quantitative estimate of drug-likeness (QED) is 0.0200. The SMILES string of the molecule is Fc1c(F)c(F)c([B-](c2c(F)c(F)c(F)c(F)c2F)(c2c(F)c(F)c(F)c(F)c2F)c2c(F)c(F)c(F)c(F)c2F)c(F)c1F.O=C(Oc1ccccc1)Oc1ccc(C[SH+]Cc2ccccc2)cc1. The average molecular weight is 1030 g/mol. The average Bonchev–Trinajstić information content (AvgIpc) is 3.35. The minimum Gasteiger partial charge on any atom is -0.395 e. The van der Waals surface area contributed by atoms with Crippen molar-refractivity contribution in [2.75, 3.05) is 0 Å². The molecule has 0 saturated heterocycles. The largest absolute Gasteiger partial charge is 0.519 e. The lowest BCUT2D eigenvalue weighted by Crippen LogP contribution is -2.81. The van der Waals surface area contributed by atoms with E-state index in [0.29, 0.717) is 11.5 Å². The van der Waals surface area contributed by atoms with Gasteiger partial charge < -0.3 is 9.47 Å². The summed E-state index contributed by atoms with van der Waals surface area (Å²) in [4.78, 5) is 11.7. The maximum absolute atomic E-state index is 15.4. The molecule has 0 aliphatic rings. The molecule has 70 heavy (non-hydrogen) atoms. The van der Waals surface area contributed by atoms with Gasteiger partial charge in [-0.3, -0.25) is 0 Å². The number of thiol groups is 1.